The molecule has 2 nitrogen and oxygen atoms in total. The Labute approximate surface area is 111 Å². The predicted octanol–water partition coefficient (Wildman–Crippen LogP) is 3.75. The lowest BCUT2D eigenvalue weighted by molar-refractivity contribution is 0.435. The van der Waals surface area contributed by atoms with Crippen LogP contribution in [0.2, 0.25) is 0 Å². The van der Waals surface area contributed by atoms with Crippen LogP contribution < -0.4 is 0 Å². The maximum absolute atomic E-state index is 4.28. The molecule has 0 bridgehead atoms. The Bertz CT molecular complexity index is 393. The second-order valence-corrected chi connectivity index (χ2v) is 5.48. The van der Waals surface area contributed by atoms with E-state index in [-0.39, 0.29) is 0 Å². The molecule has 1 aliphatic carbocycles. The SMILES string of the molecule is CN(C)CC1=C(c2cccnc2)CCCCCC1. The fourth-order valence-corrected chi connectivity index (χ4v) is 2.77. The van der Waals surface area contributed by atoms with E-state index in [1.807, 2.05) is 18.5 Å². The smallest absolute Gasteiger partial charge is 0.0343 e. The highest BCUT2D eigenvalue weighted by Crippen LogP contribution is 2.30. The minimum absolute atomic E-state index is 1.09. The molecule has 0 atom stereocenters. The molecule has 0 unspecified atom stereocenters. The molecule has 0 saturated carbocycles. The van der Waals surface area contributed by atoms with Crippen LogP contribution in [0.4, 0.5) is 0 Å². The molecule has 0 aromatic carbocycles. The van der Waals surface area contributed by atoms with Crippen molar-refractivity contribution in [3.63, 3.8) is 0 Å². The number of rotatable bonds is 3. The molecule has 18 heavy (non-hydrogen) atoms. The Hall–Kier alpha value is -1.15. The second kappa shape index (κ2) is 6.69. The highest BCUT2D eigenvalue weighted by molar-refractivity contribution is 5.68. The first kappa shape index (κ1) is 13.3. The van der Waals surface area contributed by atoms with Gasteiger partial charge in [0.25, 0.3) is 0 Å². The zero-order valence-electron chi connectivity index (χ0n) is 11.7. The number of hydrogen-bond donors (Lipinski definition) is 0. The van der Waals surface area contributed by atoms with E-state index >= 15 is 0 Å². The molecule has 0 amide bonds. The lowest BCUT2D eigenvalue weighted by Gasteiger charge is -2.21. The van der Waals surface area contributed by atoms with E-state index in [0.717, 1.165) is 6.54 Å². The van der Waals surface area contributed by atoms with Gasteiger partial charge in [0.1, 0.15) is 0 Å². The van der Waals surface area contributed by atoms with Crippen molar-refractivity contribution in [1.82, 2.24) is 9.88 Å². The summed E-state index contributed by atoms with van der Waals surface area (Å²) < 4.78 is 0. The van der Waals surface area contributed by atoms with Gasteiger partial charge in [-0.05, 0) is 57.0 Å². The zero-order valence-corrected chi connectivity index (χ0v) is 11.7. The molecule has 2 rings (SSSR count). The molecule has 98 valence electrons. The molecule has 1 aromatic heterocycles. The molecule has 0 fully saturated rings. The van der Waals surface area contributed by atoms with E-state index in [9.17, 15) is 0 Å². The predicted molar refractivity (Wildman–Crippen MR) is 77.4 cm³/mol. The van der Waals surface area contributed by atoms with Crippen LogP contribution in [0.5, 0.6) is 0 Å². The number of pyridine rings is 1. The van der Waals surface area contributed by atoms with Gasteiger partial charge in [0.2, 0.25) is 0 Å². The Morgan fingerprint density at radius 2 is 1.89 bits per heavy atom. The molecule has 0 radical (unpaired) electrons. The van der Waals surface area contributed by atoms with E-state index in [4.69, 9.17) is 0 Å². The highest BCUT2D eigenvalue weighted by Gasteiger charge is 2.12. The number of allylic oxidation sites excluding steroid dienone is 1. The standard InChI is InChI=1S/C16H24N2/c1-18(2)13-15-8-5-3-4-6-10-16(15)14-9-7-11-17-12-14/h7,9,11-12H,3-6,8,10,13H2,1-2H3. The van der Waals surface area contributed by atoms with Crippen molar-refractivity contribution < 1.29 is 0 Å². The molecule has 0 spiro atoms. The average Bonchev–Trinajstić information content (AvgIpc) is 2.34. The monoisotopic (exact) mass is 244 g/mol. The summed E-state index contributed by atoms with van der Waals surface area (Å²) in [6.07, 6.45) is 11.8. The lowest BCUT2D eigenvalue weighted by Crippen LogP contribution is -2.17. The number of hydrogen-bond acceptors (Lipinski definition) is 2. The summed E-state index contributed by atoms with van der Waals surface area (Å²) in [5.41, 5.74) is 4.50. The summed E-state index contributed by atoms with van der Waals surface area (Å²) in [5, 5.41) is 0. The molecule has 0 aliphatic heterocycles. The van der Waals surface area contributed by atoms with Gasteiger partial charge >= 0.3 is 0 Å². The summed E-state index contributed by atoms with van der Waals surface area (Å²) in [6, 6.07) is 4.26. The van der Waals surface area contributed by atoms with Gasteiger partial charge in [-0.1, -0.05) is 24.5 Å². The average molecular weight is 244 g/mol. The topological polar surface area (TPSA) is 16.1 Å². The van der Waals surface area contributed by atoms with Crippen LogP contribution in [0, 0.1) is 0 Å². The third kappa shape index (κ3) is 3.67. The maximum atomic E-state index is 4.28. The number of nitrogens with zero attached hydrogens (tertiary/aromatic N) is 2. The van der Waals surface area contributed by atoms with Gasteiger partial charge in [0.05, 0.1) is 0 Å². The van der Waals surface area contributed by atoms with Gasteiger partial charge in [-0.3, -0.25) is 4.98 Å². The highest BCUT2D eigenvalue weighted by atomic mass is 15.0. The van der Waals surface area contributed by atoms with Crippen LogP contribution in [0.3, 0.4) is 0 Å². The van der Waals surface area contributed by atoms with Crippen LogP contribution in [0.15, 0.2) is 30.1 Å². The summed E-state index contributed by atoms with van der Waals surface area (Å²) in [4.78, 5) is 6.56. The third-order valence-electron chi connectivity index (χ3n) is 3.60. The van der Waals surface area contributed by atoms with Crippen molar-refractivity contribution in [3.05, 3.63) is 35.7 Å². The summed E-state index contributed by atoms with van der Waals surface area (Å²) in [6.45, 7) is 1.09. The van der Waals surface area contributed by atoms with Gasteiger partial charge in [-0.15, -0.1) is 0 Å². The first-order chi connectivity index (χ1) is 8.77. The summed E-state index contributed by atoms with van der Waals surface area (Å²) in [5.74, 6) is 0. The normalized spacial score (nSPS) is 17.7. The van der Waals surface area contributed by atoms with Crippen LogP contribution in [-0.4, -0.2) is 30.5 Å². The molecule has 2 heteroatoms. The second-order valence-electron chi connectivity index (χ2n) is 5.48. The van der Waals surface area contributed by atoms with Crippen molar-refractivity contribution in [2.75, 3.05) is 20.6 Å². The number of aromatic nitrogens is 1. The van der Waals surface area contributed by atoms with Gasteiger partial charge < -0.3 is 4.90 Å². The minimum Gasteiger partial charge on any atom is -0.305 e. The zero-order chi connectivity index (χ0) is 12.8. The Morgan fingerprint density at radius 3 is 2.56 bits per heavy atom. The van der Waals surface area contributed by atoms with E-state index in [1.165, 1.54) is 44.1 Å². The van der Waals surface area contributed by atoms with Gasteiger partial charge in [-0.25, -0.2) is 0 Å². The van der Waals surface area contributed by atoms with Gasteiger partial charge in [0, 0.05) is 18.9 Å². The first-order valence-electron chi connectivity index (χ1n) is 7.03. The van der Waals surface area contributed by atoms with E-state index < -0.39 is 0 Å². The Morgan fingerprint density at radius 1 is 1.11 bits per heavy atom. The Balaban J connectivity index is 2.31. The van der Waals surface area contributed by atoms with Crippen molar-refractivity contribution >= 4 is 5.57 Å². The fourth-order valence-electron chi connectivity index (χ4n) is 2.77. The molecule has 0 N–H and O–H groups in total. The first-order valence-corrected chi connectivity index (χ1v) is 7.03. The molecular weight excluding hydrogens is 220 g/mol. The lowest BCUT2D eigenvalue weighted by atomic mass is 9.89. The molecule has 1 heterocycles. The van der Waals surface area contributed by atoms with Gasteiger partial charge in [-0.2, -0.15) is 0 Å². The molecule has 0 saturated heterocycles. The number of likely N-dealkylation sites (N-methyl/N-ethyl adjacent to an activating group) is 1. The molecule has 1 aliphatic rings. The van der Waals surface area contributed by atoms with E-state index in [1.54, 1.807) is 11.1 Å². The largest absolute Gasteiger partial charge is 0.305 e. The van der Waals surface area contributed by atoms with Crippen LogP contribution >= 0.6 is 0 Å². The van der Waals surface area contributed by atoms with E-state index in [2.05, 4.69) is 30.0 Å². The fraction of sp³-hybridized carbons (Fsp3) is 0.562. The summed E-state index contributed by atoms with van der Waals surface area (Å²) in [7, 11) is 4.32. The third-order valence-corrected chi connectivity index (χ3v) is 3.60. The van der Waals surface area contributed by atoms with Crippen molar-refractivity contribution in [2.45, 2.75) is 38.5 Å². The quantitative estimate of drug-likeness (QED) is 0.805. The van der Waals surface area contributed by atoms with Crippen LogP contribution in [0.1, 0.15) is 44.1 Å². The molecule has 1 aromatic rings. The maximum Gasteiger partial charge on any atom is 0.0343 e. The van der Waals surface area contributed by atoms with Gasteiger partial charge in [0.15, 0.2) is 0 Å². The van der Waals surface area contributed by atoms with Crippen molar-refractivity contribution in [1.29, 1.82) is 0 Å². The minimum atomic E-state index is 1.09. The van der Waals surface area contributed by atoms with E-state index in [0.29, 0.717) is 0 Å². The van der Waals surface area contributed by atoms with Crippen LogP contribution in [0.25, 0.3) is 5.57 Å². The van der Waals surface area contributed by atoms with Crippen LogP contribution in [-0.2, 0) is 0 Å². The summed E-state index contributed by atoms with van der Waals surface area (Å²) >= 11 is 0. The van der Waals surface area contributed by atoms with Crippen molar-refractivity contribution in [2.24, 2.45) is 0 Å². The van der Waals surface area contributed by atoms with Crippen molar-refractivity contribution in [3.8, 4) is 0 Å². The molecular formula is C16H24N2. The Kier molecular flexibility index (Phi) is 4.94.